The molecule has 1 N–H and O–H groups in total. The van der Waals surface area contributed by atoms with Crippen LogP contribution in [0, 0.1) is 0 Å². The van der Waals surface area contributed by atoms with Crippen LogP contribution in [-0.4, -0.2) is 18.7 Å². The van der Waals surface area contributed by atoms with Crippen molar-refractivity contribution in [1.82, 2.24) is 0 Å². The zero-order chi connectivity index (χ0) is 6.78. The van der Waals surface area contributed by atoms with E-state index in [2.05, 4.69) is 11.3 Å². The van der Waals surface area contributed by atoms with Gasteiger partial charge in [-0.3, -0.25) is 4.57 Å². The lowest BCUT2D eigenvalue weighted by Gasteiger charge is -2.05. The molecular weight excluding hydrogens is 127 g/mol. The van der Waals surface area contributed by atoms with E-state index in [9.17, 15) is 4.57 Å². The smallest absolute Gasteiger partial charge is 0.259 e. The van der Waals surface area contributed by atoms with Crippen LogP contribution < -0.4 is 0 Å². The molecule has 0 aromatic heterocycles. The molecule has 0 amide bonds. The Balaban J connectivity index is 4.04. The number of methoxy groups -OCH3 is 1. The molecule has 8 heavy (non-hydrogen) atoms. The summed E-state index contributed by atoms with van der Waals surface area (Å²) in [5, 5.41) is 0. The topological polar surface area (TPSA) is 46.5 Å². The van der Waals surface area contributed by atoms with Crippen molar-refractivity contribution < 1.29 is 14.2 Å². The molecule has 0 aliphatic carbocycles. The van der Waals surface area contributed by atoms with E-state index in [0.717, 1.165) is 0 Å². The Bertz CT molecular complexity index is 134. The molecule has 0 fully saturated rings. The fourth-order valence-corrected chi connectivity index (χ4v) is 0.508. The van der Waals surface area contributed by atoms with Crippen molar-refractivity contribution in [3.05, 3.63) is 12.1 Å². The standard InChI is InChI=1S/C4H9O3P/c1-4(7-2)8(3,5)6/h1H2,2-3H3,(H,5,6). The van der Waals surface area contributed by atoms with E-state index in [4.69, 9.17) is 4.89 Å². The van der Waals surface area contributed by atoms with Crippen LogP contribution in [-0.2, 0) is 9.30 Å². The van der Waals surface area contributed by atoms with Crippen LogP contribution in [0.5, 0.6) is 0 Å². The highest BCUT2D eigenvalue weighted by molar-refractivity contribution is 7.61. The molecule has 0 bridgehead atoms. The summed E-state index contributed by atoms with van der Waals surface area (Å²) in [4.78, 5) is 8.62. The van der Waals surface area contributed by atoms with E-state index in [-0.39, 0.29) is 5.50 Å². The lowest BCUT2D eigenvalue weighted by molar-refractivity contribution is 0.308. The van der Waals surface area contributed by atoms with E-state index in [0.29, 0.717) is 0 Å². The molecule has 0 rings (SSSR count). The molecule has 0 aromatic carbocycles. The van der Waals surface area contributed by atoms with E-state index in [1.165, 1.54) is 13.8 Å². The molecule has 0 heterocycles. The predicted molar refractivity (Wildman–Crippen MR) is 31.9 cm³/mol. The summed E-state index contributed by atoms with van der Waals surface area (Å²) < 4.78 is 14.9. The van der Waals surface area contributed by atoms with Crippen LogP contribution in [0.3, 0.4) is 0 Å². The van der Waals surface area contributed by atoms with Gasteiger partial charge < -0.3 is 9.63 Å². The van der Waals surface area contributed by atoms with Gasteiger partial charge in [0.2, 0.25) is 0 Å². The van der Waals surface area contributed by atoms with Crippen molar-refractivity contribution in [3.8, 4) is 0 Å². The van der Waals surface area contributed by atoms with Gasteiger partial charge in [-0.1, -0.05) is 6.58 Å². The SMILES string of the molecule is C=C(OC)P(C)(=O)O. The van der Waals surface area contributed by atoms with Crippen LogP contribution in [0.1, 0.15) is 0 Å². The Hall–Kier alpha value is -0.270. The van der Waals surface area contributed by atoms with Gasteiger partial charge in [0.25, 0.3) is 7.37 Å². The lowest BCUT2D eigenvalue weighted by Crippen LogP contribution is -1.83. The van der Waals surface area contributed by atoms with E-state index in [1.54, 1.807) is 0 Å². The summed E-state index contributed by atoms with van der Waals surface area (Å²) in [5.74, 6) is 0. The molecule has 48 valence electrons. The van der Waals surface area contributed by atoms with Crippen molar-refractivity contribution in [3.63, 3.8) is 0 Å². The zero-order valence-corrected chi connectivity index (χ0v) is 5.81. The minimum absolute atomic E-state index is 0.0579. The van der Waals surface area contributed by atoms with Crippen molar-refractivity contribution in [2.24, 2.45) is 0 Å². The number of hydrogen-bond acceptors (Lipinski definition) is 2. The van der Waals surface area contributed by atoms with Gasteiger partial charge in [0.15, 0.2) is 5.50 Å². The second-order valence-corrected chi connectivity index (χ2v) is 3.73. The summed E-state index contributed by atoms with van der Waals surface area (Å²) in [7, 11) is -1.86. The van der Waals surface area contributed by atoms with Crippen molar-refractivity contribution in [1.29, 1.82) is 0 Å². The van der Waals surface area contributed by atoms with Crippen molar-refractivity contribution in [2.75, 3.05) is 13.8 Å². The Morgan fingerprint density at radius 3 is 2.25 bits per heavy atom. The number of rotatable bonds is 2. The van der Waals surface area contributed by atoms with Crippen LogP contribution in [0.4, 0.5) is 0 Å². The summed E-state index contributed by atoms with van der Waals surface area (Å²) in [6, 6.07) is 0. The highest BCUT2D eigenvalue weighted by atomic mass is 31.2. The maximum atomic E-state index is 10.5. The molecule has 1 unspecified atom stereocenters. The first kappa shape index (κ1) is 7.73. The Morgan fingerprint density at radius 2 is 2.25 bits per heavy atom. The molecule has 3 nitrogen and oxygen atoms in total. The first-order valence-corrected chi connectivity index (χ1v) is 4.13. The molecular formula is C4H9O3P. The first-order valence-electron chi connectivity index (χ1n) is 2.02. The van der Waals surface area contributed by atoms with Gasteiger partial charge in [-0.15, -0.1) is 0 Å². The van der Waals surface area contributed by atoms with Crippen LogP contribution in [0.15, 0.2) is 12.1 Å². The Kier molecular flexibility index (Phi) is 2.26. The van der Waals surface area contributed by atoms with Gasteiger partial charge in [-0.2, -0.15) is 0 Å². The highest BCUT2D eigenvalue weighted by Gasteiger charge is 2.14. The average Bonchev–Trinajstić information content (AvgIpc) is 1.62. The Labute approximate surface area is 48.4 Å². The number of hydrogen-bond donors (Lipinski definition) is 1. The third kappa shape index (κ3) is 2.15. The van der Waals surface area contributed by atoms with Gasteiger partial charge in [-0.05, 0) is 0 Å². The van der Waals surface area contributed by atoms with Gasteiger partial charge in [0, 0.05) is 6.66 Å². The molecule has 4 heteroatoms. The second-order valence-electron chi connectivity index (χ2n) is 1.48. The molecule has 1 atom stereocenters. The minimum atomic E-state index is -3.17. The maximum absolute atomic E-state index is 10.5. The molecule has 0 spiro atoms. The van der Waals surface area contributed by atoms with Gasteiger partial charge >= 0.3 is 0 Å². The normalized spacial score (nSPS) is 16.9. The van der Waals surface area contributed by atoms with Gasteiger partial charge in [-0.25, -0.2) is 0 Å². The second kappa shape index (κ2) is 2.33. The largest absolute Gasteiger partial charge is 0.491 e. The quantitative estimate of drug-likeness (QED) is 0.455. The molecule has 0 saturated carbocycles. The van der Waals surface area contributed by atoms with E-state index in [1.807, 2.05) is 0 Å². The molecule has 0 radical (unpaired) electrons. The number of ether oxygens (including phenoxy) is 1. The Morgan fingerprint density at radius 1 is 1.88 bits per heavy atom. The van der Waals surface area contributed by atoms with E-state index < -0.39 is 7.37 Å². The summed E-state index contributed by atoms with van der Waals surface area (Å²) >= 11 is 0. The van der Waals surface area contributed by atoms with Gasteiger partial charge in [0.1, 0.15) is 0 Å². The van der Waals surface area contributed by atoms with Crippen LogP contribution >= 0.6 is 7.37 Å². The fraction of sp³-hybridized carbons (Fsp3) is 0.500. The fourth-order valence-electron chi connectivity index (χ4n) is 0.169. The third-order valence-electron chi connectivity index (χ3n) is 0.698. The van der Waals surface area contributed by atoms with Gasteiger partial charge in [0.05, 0.1) is 7.11 Å². The molecule has 0 aliphatic heterocycles. The molecule has 0 aliphatic rings. The minimum Gasteiger partial charge on any atom is -0.491 e. The van der Waals surface area contributed by atoms with Crippen LogP contribution in [0.25, 0.3) is 0 Å². The monoisotopic (exact) mass is 136 g/mol. The predicted octanol–water partition coefficient (Wildman–Crippen LogP) is 1.00. The highest BCUT2D eigenvalue weighted by Crippen LogP contribution is 2.44. The molecule has 0 saturated heterocycles. The van der Waals surface area contributed by atoms with Crippen molar-refractivity contribution >= 4 is 7.37 Å². The summed E-state index contributed by atoms with van der Waals surface area (Å²) in [6.45, 7) is 4.39. The van der Waals surface area contributed by atoms with E-state index >= 15 is 0 Å². The lowest BCUT2D eigenvalue weighted by atomic mass is 11.1. The first-order chi connectivity index (χ1) is 3.48. The van der Waals surface area contributed by atoms with Crippen molar-refractivity contribution in [2.45, 2.75) is 0 Å². The zero-order valence-electron chi connectivity index (χ0n) is 4.92. The third-order valence-corrected chi connectivity index (χ3v) is 1.81. The average molecular weight is 136 g/mol. The van der Waals surface area contributed by atoms with Crippen LogP contribution in [0.2, 0.25) is 0 Å². The maximum Gasteiger partial charge on any atom is 0.259 e. The summed E-state index contributed by atoms with van der Waals surface area (Å²) in [5.41, 5.74) is -0.0579. The molecule has 0 aromatic rings. The summed E-state index contributed by atoms with van der Waals surface area (Å²) in [6.07, 6.45) is 0.